The van der Waals surface area contributed by atoms with Crippen LogP contribution in [0.15, 0.2) is 47.4 Å². The van der Waals surface area contributed by atoms with Crippen molar-refractivity contribution in [3.8, 4) is 11.5 Å². The van der Waals surface area contributed by atoms with E-state index in [1.807, 2.05) is 12.1 Å². The molecule has 3 rings (SSSR count). The first-order valence-corrected chi connectivity index (χ1v) is 10.1. The van der Waals surface area contributed by atoms with Crippen LogP contribution in [0.4, 0.5) is 0 Å². The van der Waals surface area contributed by atoms with Gasteiger partial charge in [-0.15, -0.1) is 12.4 Å². The van der Waals surface area contributed by atoms with Gasteiger partial charge in [-0.2, -0.15) is 0 Å². The van der Waals surface area contributed by atoms with Gasteiger partial charge in [0.2, 0.25) is 0 Å². The van der Waals surface area contributed by atoms with Crippen LogP contribution in [-0.4, -0.2) is 29.3 Å². The standard InChI is InChI=1S/C20H17ClN2O4S2.ClH/c1-26-19(25)15(22)9-11-2-5-13(6-3-11)27-16-7-4-12(8-14(16)21)10-17-18(24)23-20(28)29-17;/h2-8,10,15H,9,22H2,1H3,(H,23,24,28);1H/b17-10-;/t15-;/m0./s1. The number of ether oxygens (including phenoxy) is 2. The molecule has 1 fully saturated rings. The van der Waals surface area contributed by atoms with Gasteiger partial charge in [0, 0.05) is 0 Å². The van der Waals surface area contributed by atoms with Crippen LogP contribution in [0.2, 0.25) is 5.02 Å². The smallest absolute Gasteiger partial charge is 0.322 e. The molecule has 158 valence electrons. The molecule has 2 aromatic rings. The Balaban J connectivity index is 0.00000320. The van der Waals surface area contributed by atoms with Crippen LogP contribution >= 0.6 is 48.0 Å². The number of nitrogens with two attached hydrogens (primary N) is 1. The van der Waals surface area contributed by atoms with E-state index in [-0.39, 0.29) is 18.3 Å². The van der Waals surface area contributed by atoms with Gasteiger partial charge in [-0.25, -0.2) is 0 Å². The summed E-state index contributed by atoms with van der Waals surface area (Å²) in [6, 6.07) is 11.7. The maximum atomic E-state index is 11.8. The predicted molar refractivity (Wildman–Crippen MR) is 125 cm³/mol. The van der Waals surface area contributed by atoms with E-state index in [0.717, 1.165) is 11.1 Å². The van der Waals surface area contributed by atoms with Crippen molar-refractivity contribution in [1.29, 1.82) is 0 Å². The maximum Gasteiger partial charge on any atom is 0.322 e. The van der Waals surface area contributed by atoms with E-state index in [2.05, 4.69) is 10.1 Å². The summed E-state index contributed by atoms with van der Waals surface area (Å²) < 4.78 is 10.9. The molecule has 1 atom stereocenters. The summed E-state index contributed by atoms with van der Waals surface area (Å²) in [4.78, 5) is 23.7. The van der Waals surface area contributed by atoms with Crippen LogP contribution in [0.1, 0.15) is 11.1 Å². The summed E-state index contributed by atoms with van der Waals surface area (Å²) in [5.74, 6) is 0.391. The average molecular weight is 485 g/mol. The van der Waals surface area contributed by atoms with Crippen molar-refractivity contribution in [3.05, 3.63) is 63.5 Å². The monoisotopic (exact) mass is 484 g/mol. The Labute approximate surface area is 194 Å². The van der Waals surface area contributed by atoms with Gasteiger partial charge in [-0.05, 0) is 47.9 Å². The third-order valence-electron chi connectivity index (χ3n) is 4.01. The number of thiocarbonyl (C=S) groups is 1. The fourth-order valence-electron chi connectivity index (χ4n) is 2.57. The molecule has 30 heavy (non-hydrogen) atoms. The van der Waals surface area contributed by atoms with Crippen molar-refractivity contribution >= 4 is 70.3 Å². The van der Waals surface area contributed by atoms with Crippen molar-refractivity contribution in [3.63, 3.8) is 0 Å². The molecule has 1 aliphatic heterocycles. The summed E-state index contributed by atoms with van der Waals surface area (Å²) in [5.41, 5.74) is 7.41. The second-order valence-electron chi connectivity index (χ2n) is 6.12. The molecular formula is C20H18Cl2N2O4S2. The molecule has 2 aromatic carbocycles. The van der Waals surface area contributed by atoms with Gasteiger partial charge < -0.3 is 20.5 Å². The van der Waals surface area contributed by atoms with Gasteiger partial charge >= 0.3 is 5.97 Å². The van der Waals surface area contributed by atoms with E-state index >= 15 is 0 Å². The van der Waals surface area contributed by atoms with Crippen LogP contribution in [0.3, 0.4) is 0 Å². The molecule has 0 aliphatic carbocycles. The molecule has 1 aliphatic rings. The Hall–Kier alpha value is -2.10. The highest BCUT2D eigenvalue weighted by atomic mass is 35.5. The van der Waals surface area contributed by atoms with Gasteiger partial charge in [0.25, 0.3) is 5.91 Å². The fraction of sp³-hybridized carbons (Fsp3) is 0.150. The molecule has 1 amide bonds. The predicted octanol–water partition coefficient (Wildman–Crippen LogP) is 4.09. The van der Waals surface area contributed by atoms with E-state index in [9.17, 15) is 9.59 Å². The Kier molecular flexibility index (Phi) is 8.69. The lowest BCUT2D eigenvalue weighted by atomic mass is 10.1. The molecule has 0 spiro atoms. The van der Waals surface area contributed by atoms with Crippen LogP contribution < -0.4 is 15.8 Å². The van der Waals surface area contributed by atoms with Crippen LogP contribution in [0.5, 0.6) is 11.5 Å². The SMILES string of the molecule is COC(=O)[C@@H](N)Cc1ccc(Oc2ccc(/C=C3\SC(=S)NC3=O)cc2Cl)cc1.Cl. The van der Waals surface area contributed by atoms with Gasteiger partial charge in [0.15, 0.2) is 0 Å². The number of rotatable bonds is 6. The fourth-order valence-corrected chi connectivity index (χ4v) is 3.84. The number of nitrogens with one attached hydrogen (secondary N) is 1. The molecular weight excluding hydrogens is 467 g/mol. The van der Waals surface area contributed by atoms with Crippen molar-refractivity contribution in [2.24, 2.45) is 5.73 Å². The summed E-state index contributed by atoms with van der Waals surface area (Å²) in [5, 5.41) is 2.97. The lowest BCUT2D eigenvalue weighted by molar-refractivity contribution is -0.142. The summed E-state index contributed by atoms with van der Waals surface area (Å²) in [7, 11) is 1.31. The van der Waals surface area contributed by atoms with E-state index in [1.165, 1.54) is 18.9 Å². The number of benzene rings is 2. The molecule has 0 aromatic heterocycles. The number of methoxy groups -OCH3 is 1. The number of thioether (sulfide) groups is 1. The first-order chi connectivity index (χ1) is 13.9. The highest BCUT2D eigenvalue weighted by Gasteiger charge is 2.22. The normalized spacial score (nSPS) is 15.4. The number of hydrogen-bond donors (Lipinski definition) is 2. The lowest BCUT2D eigenvalue weighted by Crippen LogP contribution is -2.33. The van der Waals surface area contributed by atoms with Crippen LogP contribution in [0.25, 0.3) is 6.08 Å². The van der Waals surface area contributed by atoms with Gasteiger partial charge in [0.1, 0.15) is 21.9 Å². The zero-order chi connectivity index (χ0) is 21.0. The topological polar surface area (TPSA) is 90.7 Å². The largest absolute Gasteiger partial charge is 0.468 e. The van der Waals surface area contributed by atoms with Crippen LogP contribution in [0, 0.1) is 0 Å². The van der Waals surface area contributed by atoms with E-state index in [1.54, 1.807) is 36.4 Å². The summed E-state index contributed by atoms with van der Waals surface area (Å²) >= 11 is 12.5. The average Bonchev–Trinajstić information content (AvgIpc) is 3.01. The molecule has 6 nitrogen and oxygen atoms in total. The first kappa shape index (κ1) is 24.2. The van der Waals surface area contributed by atoms with E-state index in [0.29, 0.717) is 32.2 Å². The first-order valence-electron chi connectivity index (χ1n) is 8.50. The number of carbonyl (C=O) groups excluding carboxylic acids is 2. The Bertz CT molecular complexity index is 997. The number of halogens is 2. The van der Waals surface area contributed by atoms with Crippen molar-refractivity contribution in [2.75, 3.05) is 7.11 Å². The van der Waals surface area contributed by atoms with Crippen LogP contribution in [-0.2, 0) is 20.7 Å². The molecule has 0 radical (unpaired) electrons. The minimum absolute atomic E-state index is 0. The second-order valence-corrected chi connectivity index (χ2v) is 8.25. The van der Waals surface area contributed by atoms with E-state index < -0.39 is 12.0 Å². The van der Waals surface area contributed by atoms with Crippen molar-refractivity contribution in [1.82, 2.24) is 5.32 Å². The molecule has 10 heteroatoms. The maximum absolute atomic E-state index is 11.8. The summed E-state index contributed by atoms with van der Waals surface area (Å²) in [6.45, 7) is 0. The minimum atomic E-state index is -0.711. The number of esters is 1. The van der Waals surface area contributed by atoms with Gasteiger partial charge in [0.05, 0.1) is 17.0 Å². The van der Waals surface area contributed by atoms with Crippen molar-refractivity contribution in [2.45, 2.75) is 12.5 Å². The second kappa shape index (κ2) is 10.8. The highest BCUT2D eigenvalue weighted by Crippen LogP contribution is 2.32. The van der Waals surface area contributed by atoms with Gasteiger partial charge in [-0.3, -0.25) is 9.59 Å². The number of amides is 1. The molecule has 0 bridgehead atoms. The zero-order valence-corrected chi connectivity index (χ0v) is 18.9. The van der Waals surface area contributed by atoms with Gasteiger partial charge in [-0.1, -0.05) is 53.8 Å². The minimum Gasteiger partial charge on any atom is -0.468 e. The third kappa shape index (κ3) is 6.20. The number of carbonyl (C=O) groups is 2. The lowest BCUT2D eigenvalue weighted by Gasteiger charge is -2.11. The highest BCUT2D eigenvalue weighted by molar-refractivity contribution is 8.26. The van der Waals surface area contributed by atoms with Crippen molar-refractivity contribution < 1.29 is 19.1 Å². The molecule has 0 unspecified atom stereocenters. The Morgan fingerprint density at radius 3 is 2.57 bits per heavy atom. The third-order valence-corrected chi connectivity index (χ3v) is 5.46. The molecule has 0 saturated carbocycles. The molecule has 3 N–H and O–H groups in total. The quantitative estimate of drug-likeness (QED) is 0.362. The summed E-state index contributed by atoms with van der Waals surface area (Å²) in [6.07, 6.45) is 2.08. The zero-order valence-electron chi connectivity index (χ0n) is 15.7. The molecule has 1 saturated heterocycles. The Morgan fingerprint density at radius 2 is 2.00 bits per heavy atom. The Morgan fingerprint density at radius 1 is 1.30 bits per heavy atom. The number of hydrogen-bond acceptors (Lipinski definition) is 7. The van der Waals surface area contributed by atoms with E-state index in [4.69, 9.17) is 34.3 Å². The molecule has 1 heterocycles.